The van der Waals surface area contributed by atoms with Crippen molar-refractivity contribution in [2.75, 3.05) is 0 Å². The average molecular weight is 443 g/mol. The molecule has 1 unspecified atom stereocenters. The molecule has 0 amide bonds. The lowest BCUT2D eigenvalue weighted by Gasteiger charge is -2.26. The second-order valence-corrected chi connectivity index (χ2v) is 10.9. The highest BCUT2D eigenvalue weighted by Gasteiger charge is 2.43. The van der Waals surface area contributed by atoms with E-state index in [1.54, 1.807) is 16.8 Å². The molecular formula is C19H24BrFN2O2S. The summed E-state index contributed by atoms with van der Waals surface area (Å²) in [4.78, 5) is 12.7. The van der Waals surface area contributed by atoms with Gasteiger partial charge >= 0.3 is 0 Å². The number of hydrogen-bond donors (Lipinski definition) is 1. The summed E-state index contributed by atoms with van der Waals surface area (Å²) in [5, 5.41) is 1.12. The lowest BCUT2D eigenvalue weighted by Crippen LogP contribution is -2.44. The molecule has 4 nitrogen and oxygen atoms in total. The molecule has 3 rings (SSSR count). The van der Waals surface area contributed by atoms with Crippen LogP contribution in [0.15, 0.2) is 33.7 Å². The molecule has 0 spiro atoms. The van der Waals surface area contributed by atoms with Gasteiger partial charge in [0.2, 0.25) is 0 Å². The van der Waals surface area contributed by atoms with Crippen LogP contribution in [-0.4, -0.2) is 19.9 Å². The van der Waals surface area contributed by atoms with E-state index >= 15 is 0 Å². The molecule has 1 aliphatic carbocycles. The lowest BCUT2D eigenvalue weighted by atomic mass is 10.1. The van der Waals surface area contributed by atoms with Crippen LogP contribution in [0.5, 0.6) is 0 Å². The molecule has 0 radical (unpaired) electrons. The number of pyridine rings is 1. The van der Waals surface area contributed by atoms with Gasteiger partial charge in [0.25, 0.3) is 5.56 Å². The topological polar surface area (TPSA) is 57.1 Å². The van der Waals surface area contributed by atoms with Gasteiger partial charge < -0.3 is 9.12 Å². The number of aromatic nitrogens is 1. The highest BCUT2D eigenvalue weighted by molar-refractivity contribution is 9.10. The van der Waals surface area contributed by atoms with E-state index in [1.807, 2.05) is 33.8 Å². The van der Waals surface area contributed by atoms with E-state index in [9.17, 15) is 13.7 Å². The molecule has 1 saturated carbocycles. The second kappa shape index (κ2) is 7.26. The first-order valence-electron chi connectivity index (χ1n) is 8.74. The summed E-state index contributed by atoms with van der Waals surface area (Å²) >= 11 is 2.05. The standard InChI is InChI=1S/C19H24BrFN2O2S/c1-11(22-26(25)19(2,3)4)14-7-13(14)10-23-6-5-12-8-16(20)17(21)9-15(12)18(23)24/h5-6,8-9,11,13-14,22H,7,10H2,1-4H3/t11?,13-,14-,26+/m0/s1. The predicted molar refractivity (Wildman–Crippen MR) is 108 cm³/mol. The smallest absolute Gasteiger partial charge is 0.258 e. The first kappa shape index (κ1) is 19.9. The van der Waals surface area contributed by atoms with Crippen LogP contribution in [0.3, 0.4) is 0 Å². The molecular weight excluding hydrogens is 419 g/mol. The monoisotopic (exact) mass is 442 g/mol. The van der Waals surface area contributed by atoms with Crippen molar-refractivity contribution in [3.8, 4) is 0 Å². The summed E-state index contributed by atoms with van der Waals surface area (Å²) in [7, 11) is 0. The van der Waals surface area contributed by atoms with E-state index in [0.29, 0.717) is 28.2 Å². The van der Waals surface area contributed by atoms with Gasteiger partial charge in [-0.3, -0.25) is 4.79 Å². The fourth-order valence-electron chi connectivity index (χ4n) is 3.20. The summed E-state index contributed by atoms with van der Waals surface area (Å²) in [6.07, 6.45) is 2.77. The van der Waals surface area contributed by atoms with Crippen molar-refractivity contribution in [3.05, 3.63) is 45.0 Å². The van der Waals surface area contributed by atoms with Crippen LogP contribution in [0.4, 0.5) is 4.39 Å². The number of fused-ring (bicyclic) bond motifs is 1. The van der Waals surface area contributed by atoms with Crippen molar-refractivity contribution in [3.63, 3.8) is 0 Å². The largest absolute Gasteiger partial charge is 0.598 e. The first-order valence-corrected chi connectivity index (χ1v) is 10.7. The number of nitrogens with one attached hydrogen (secondary N) is 1. The molecule has 0 aliphatic heterocycles. The van der Waals surface area contributed by atoms with Gasteiger partial charge in [-0.1, -0.05) is 0 Å². The fourth-order valence-corrected chi connectivity index (χ4v) is 4.43. The van der Waals surface area contributed by atoms with Crippen LogP contribution >= 0.6 is 15.9 Å². The highest BCUT2D eigenvalue weighted by Crippen LogP contribution is 2.42. The molecule has 1 aliphatic rings. The molecule has 1 aromatic heterocycles. The molecule has 1 aromatic carbocycles. The molecule has 0 saturated heterocycles. The van der Waals surface area contributed by atoms with Gasteiger partial charge in [0, 0.05) is 24.1 Å². The average Bonchev–Trinajstić information content (AvgIpc) is 3.31. The van der Waals surface area contributed by atoms with Crippen molar-refractivity contribution in [2.45, 2.75) is 51.4 Å². The van der Waals surface area contributed by atoms with Crippen LogP contribution in [0.2, 0.25) is 0 Å². The van der Waals surface area contributed by atoms with Crippen molar-refractivity contribution >= 4 is 38.1 Å². The van der Waals surface area contributed by atoms with Crippen molar-refractivity contribution in [2.24, 2.45) is 11.8 Å². The Morgan fingerprint density at radius 2 is 2.15 bits per heavy atom. The molecule has 4 atom stereocenters. The van der Waals surface area contributed by atoms with E-state index in [-0.39, 0.29) is 16.3 Å². The minimum Gasteiger partial charge on any atom is -0.598 e. The summed E-state index contributed by atoms with van der Waals surface area (Å²) in [5.41, 5.74) is -0.168. The van der Waals surface area contributed by atoms with Gasteiger partial charge in [0.05, 0.1) is 15.9 Å². The van der Waals surface area contributed by atoms with Gasteiger partial charge in [0.1, 0.15) is 10.6 Å². The maximum Gasteiger partial charge on any atom is 0.258 e. The number of rotatable bonds is 5. The first-order chi connectivity index (χ1) is 12.1. The molecule has 1 heterocycles. The maximum atomic E-state index is 13.8. The van der Waals surface area contributed by atoms with E-state index in [1.165, 1.54) is 6.07 Å². The normalized spacial score (nSPS) is 22.4. The number of halogens is 2. The van der Waals surface area contributed by atoms with Crippen molar-refractivity contribution in [1.82, 2.24) is 9.29 Å². The minimum atomic E-state index is -1.10. The molecule has 1 fully saturated rings. The van der Waals surface area contributed by atoms with Gasteiger partial charge in [-0.2, -0.15) is 0 Å². The van der Waals surface area contributed by atoms with Crippen LogP contribution in [0.1, 0.15) is 34.1 Å². The summed E-state index contributed by atoms with van der Waals surface area (Å²) in [6, 6.07) is 4.89. The summed E-state index contributed by atoms with van der Waals surface area (Å²) in [6.45, 7) is 8.48. The number of nitrogens with zero attached hydrogens (tertiary/aromatic N) is 1. The minimum absolute atomic E-state index is 0.129. The number of benzene rings is 1. The Kier molecular flexibility index (Phi) is 5.55. The molecule has 7 heteroatoms. The predicted octanol–water partition coefficient (Wildman–Crippen LogP) is 3.98. The fraction of sp³-hybridized carbons (Fsp3) is 0.526. The summed E-state index contributed by atoms with van der Waals surface area (Å²) < 4.78 is 30.9. The van der Waals surface area contributed by atoms with E-state index in [2.05, 4.69) is 20.7 Å². The van der Waals surface area contributed by atoms with Crippen molar-refractivity contribution < 1.29 is 8.94 Å². The van der Waals surface area contributed by atoms with Gasteiger partial charge in [0.15, 0.2) is 0 Å². The van der Waals surface area contributed by atoms with Crippen LogP contribution in [0, 0.1) is 17.7 Å². The molecule has 26 heavy (non-hydrogen) atoms. The van der Waals surface area contributed by atoms with E-state index in [4.69, 9.17) is 0 Å². The Hall–Kier alpha value is -0.890. The van der Waals surface area contributed by atoms with Gasteiger partial charge in [-0.05, 0) is 85.5 Å². The Morgan fingerprint density at radius 3 is 2.81 bits per heavy atom. The van der Waals surface area contributed by atoms with E-state index < -0.39 is 17.2 Å². The van der Waals surface area contributed by atoms with Crippen LogP contribution in [-0.2, 0) is 17.9 Å². The van der Waals surface area contributed by atoms with Gasteiger partial charge in [-0.15, -0.1) is 4.72 Å². The Labute approximate surface area is 164 Å². The third kappa shape index (κ3) is 4.16. The van der Waals surface area contributed by atoms with Crippen LogP contribution < -0.4 is 10.3 Å². The quantitative estimate of drug-likeness (QED) is 0.712. The zero-order chi connectivity index (χ0) is 19.2. The Bertz CT molecular complexity index is 880. The molecule has 142 valence electrons. The molecule has 0 bridgehead atoms. The maximum absolute atomic E-state index is 13.8. The highest BCUT2D eigenvalue weighted by atomic mass is 79.9. The summed E-state index contributed by atoms with van der Waals surface area (Å²) in [5.74, 6) is 0.328. The Morgan fingerprint density at radius 1 is 1.46 bits per heavy atom. The van der Waals surface area contributed by atoms with Crippen molar-refractivity contribution in [1.29, 1.82) is 0 Å². The third-order valence-electron chi connectivity index (χ3n) is 4.92. The van der Waals surface area contributed by atoms with Gasteiger partial charge in [-0.25, -0.2) is 4.39 Å². The van der Waals surface area contributed by atoms with Crippen LogP contribution in [0.25, 0.3) is 10.8 Å². The second-order valence-electron chi connectivity index (χ2n) is 8.07. The molecule has 2 aromatic rings. The lowest BCUT2D eigenvalue weighted by molar-refractivity contribution is 0.478. The van der Waals surface area contributed by atoms with E-state index in [0.717, 1.165) is 11.8 Å². The Balaban J connectivity index is 1.70. The molecule has 1 N–H and O–H groups in total. The SMILES string of the molecule is CC(N[S@+]([O-])C(C)(C)C)[C@@H]1C[C@H]1Cn1ccc2cc(Br)c(F)cc2c1=O. The number of hydrogen-bond acceptors (Lipinski definition) is 3. The zero-order valence-electron chi connectivity index (χ0n) is 15.4. The zero-order valence-corrected chi connectivity index (χ0v) is 17.8. The third-order valence-corrected chi connectivity index (χ3v) is 7.22.